The van der Waals surface area contributed by atoms with Gasteiger partial charge < -0.3 is 15.1 Å². The third-order valence-corrected chi connectivity index (χ3v) is 6.81. The van der Waals surface area contributed by atoms with Gasteiger partial charge in [-0.1, -0.05) is 18.8 Å². The molecule has 0 unspecified atom stereocenters. The number of hydrogen-bond acceptors (Lipinski definition) is 4. The number of rotatable bonds is 4. The van der Waals surface area contributed by atoms with Crippen LogP contribution in [-0.4, -0.2) is 34.2 Å². The fourth-order valence-corrected chi connectivity index (χ4v) is 4.83. The maximum atomic E-state index is 13.5. The van der Waals surface area contributed by atoms with E-state index < -0.39 is 12.1 Å². The van der Waals surface area contributed by atoms with Crippen LogP contribution in [0.5, 0.6) is 0 Å². The second-order valence-electron chi connectivity index (χ2n) is 9.57. The molecule has 2 N–H and O–H groups in total. The molecule has 2 fully saturated rings. The molecule has 1 aromatic rings. The lowest BCUT2D eigenvalue weighted by molar-refractivity contribution is -0.124. The number of carboxylic acids is 1. The van der Waals surface area contributed by atoms with Crippen LogP contribution in [0.15, 0.2) is 6.07 Å². The molecular weight excluding hydrogens is 386 g/mol. The van der Waals surface area contributed by atoms with Gasteiger partial charge in [0.1, 0.15) is 4.88 Å². The van der Waals surface area contributed by atoms with Crippen molar-refractivity contribution < 1.29 is 19.8 Å². The van der Waals surface area contributed by atoms with Gasteiger partial charge in [0.25, 0.3) is 0 Å². The molecule has 29 heavy (non-hydrogen) atoms. The van der Waals surface area contributed by atoms with Crippen LogP contribution in [0.1, 0.15) is 80.8 Å². The molecule has 1 heterocycles. The SMILES string of the molecule is CC(C)(C)C#Cc1cc(N(C(=O)[C@H]2CC[C@H](C)CC2)[C@H]2C[C@@H](O)C2)c(C(=O)O)s1. The first-order chi connectivity index (χ1) is 13.5. The Balaban J connectivity index is 1.96. The second-order valence-corrected chi connectivity index (χ2v) is 10.6. The predicted molar refractivity (Wildman–Crippen MR) is 115 cm³/mol. The van der Waals surface area contributed by atoms with Crippen LogP contribution < -0.4 is 4.90 Å². The zero-order valence-electron chi connectivity index (χ0n) is 17.7. The fraction of sp³-hybridized carbons (Fsp3) is 0.652. The Morgan fingerprint density at radius 2 is 1.79 bits per heavy atom. The van der Waals surface area contributed by atoms with Crippen LogP contribution in [-0.2, 0) is 4.79 Å². The van der Waals surface area contributed by atoms with E-state index in [2.05, 4.69) is 18.8 Å². The summed E-state index contributed by atoms with van der Waals surface area (Å²) in [4.78, 5) is 27.9. The summed E-state index contributed by atoms with van der Waals surface area (Å²) in [5, 5.41) is 19.6. The molecule has 2 saturated carbocycles. The van der Waals surface area contributed by atoms with Crippen LogP contribution >= 0.6 is 11.3 Å². The van der Waals surface area contributed by atoms with Gasteiger partial charge in [0, 0.05) is 17.4 Å². The van der Waals surface area contributed by atoms with Crippen molar-refractivity contribution in [2.24, 2.45) is 17.3 Å². The highest BCUT2D eigenvalue weighted by Gasteiger charge is 2.41. The first-order valence-electron chi connectivity index (χ1n) is 10.5. The highest BCUT2D eigenvalue weighted by Crippen LogP contribution is 2.39. The van der Waals surface area contributed by atoms with E-state index in [4.69, 9.17) is 0 Å². The average molecular weight is 418 g/mol. The molecular formula is C23H31NO4S. The van der Waals surface area contributed by atoms with Gasteiger partial charge in [0.05, 0.1) is 16.7 Å². The van der Waals surface area contributed by atoms with Crippen LogP contribution in [0.2, 0.25) is 0 Å². The minimum Gasteiger partial charge on any atom is -0.477 e. The topological polar surface area (TPSA) is 77.8 Å². The van der Waals surface area contributed by atoms with Gasteiger partial charge in [-0.15, -0.1) is 11.3 Å². The second kappa shape index (κ2) is 8.49. The van der Waals surface area contributed by atoms with Crippen molar-refractivity contribution in [3.63, 3.8) is 0 Å². The molecule has 0 aliphatic heterocycles. The van der Waals surface area contributed by atoms with Gasteiger partial charge in [-0.05, 0) is 71.3 Å². The van der Waals surface area contributed by atoms with E-state index in [9.17, 15) is 19.8 Å². The Morgan fingerprint density at radius 3 is 2.31 bits per heavy atom. The minimum atomic E-state index is -1.04. The van der Waals surface area contributed by atoms with Crippen molar-refractivity contribution in [2.75, 3.05) is 4.90 Å². The van der Waals surface area contributed by atoms with Crippen molar-refractivity contribution in [3.8, 4) is 11.8 Å². The number of nitrogens with zero attached hydrogens (tertiary/aromatic N) is 1. The standard InChI is InChI=1S/C23H31NO4S/c1-14-5-7-15(8-6-14)21(26)24(16-11-17(25)12-16)19-13-18(9-10-23(2,3)4)29-20(19)22(27)28/h13-17,25H,5-8,11-12H2,1-4H3,(H,27,28)/t14-,15-,16-,17+. The number of thiophene rings is 1. The average Bonchev–Trinajstić information content (AvgIpc) is 3.03. The lowest BCUT2D eigenvalue weighted by Gasteiger charge is -2.42. The van der Waals surface area contributed by atoms with Gasteiger partial charge >= 0.3 is 5.97 Å². The van der Waals surface area contributed by atoms with E-state index >= 15 is 0 Å². The van der Waals surface area contributed by atoms with E-state index in [0.717, 1.165) is 37.0 Å². The molecule has 2 aliphatic rings. The zero-order valence-corrected chi connectivity index (χ0v) is 18.5. The zero-order chi connectivity index (χ0) is 21.3. The molecule has 5 nitrogen and oxygen atoms in total. The molecule has 2 aliphatic carbocycles. The van der Waals surface area contributed by atoms with Gasteiger partial charge in [0.2, 0.25) is 5.91 Å². The number of hydrogen-bond donors (Lipinski definition) is 2. The van der Waals surface area contributed by atoms with E-state index in [1.54, 1.807) is 11.0 Å². The van der Waals surface area contributed by atoms with Gasteiger partial charge in [0.15, 0.2) is 0 Å². The first-order valence-corrected chi connectivity index (χ1v) is 11.3. The van der Waals surface area contributed by atoms with Crippen LogP contribution in [0.4, 0.5) is 5.69 Å². The number of carboxylic acid groups (broad SMARTS) is 1. The smallest absolute Gasteiger partial charge is 0.348 e. The molecule has 0 spiro atoms. The Bertz CT molecular complexity index is 827. The highest BCUT2D eigenvalue weighted by molar-refractivity contribution is 7.15. The van der Waals surface area contributed by atoms with E-state index in [1.165, 1.54) is 0 Å². The molecule has 0 saturated heterocycles. The molecule has 1 aromatic heterocycles. The summed E-state index contributed by atoms with van der Waals surface area (Å²) in [5.74, 6) is 5.75. The molecule has 0 aromatic carbocycles. The van der Waals surface area contributed by atoms with Crippen molar-refractivity contribution in [1.82, 2.24) is 0 Å². The Labute approximate surface area is 177 Å². The number of carbonyl (C=O) groups excluding carboxylic acids is 1. The summed E-state index contributed by atoms with van der Waals surface area (Å²) in [6, 6.07) is 1.61. The monoisotopic (exact) mass is 417 g/mol. The Kier molecular flexibility index (Phi) is 6.40. The van der Waals surface area contributed by atoms with E-state index in [-0.39, 0.29) is 28.2 Å². The quantitative estimate of drug-likeness (QED) is 0.706. The first kappa shape index (κ1) is 21.9. The Hall–Kier alpha value is -1.84. The molecule has 158 valence electrons. The van der Waals surface area contributed by atoms with Gasteiger partial charge in [-0.3, -0.25) is 4.79 Å². The largest absolute Gasteiger partial charge is 0.477 e. The lowest BCUT2D eigenvalue weighted by Crippen LogP contribution is -2.52. The molecule has 0 radical (unpaired) electrons. The van der Waals surface area contributed by atoms with Crippen molar-refractivity contribution >= 4 is 28.9 Å². The summed E-state index contributed by atoms with van der Waals surface area (Å²) in [6.07, 6.45) is 4.29. The molecule has 3 rings (SSSR count). The van der Waals surface area contributed by atoms with Crippen LogP contribution in [0, 0.1) is 29.1 Å². The minimum absolute atomic E-state index is 0.00410. The number of anilines is 1. The summed E-state index contributed by atoms with van der Waals surface area (Å²) in [7, 11) is 0. The van der Waals surface area contributed by atoms with Crippen molar-refractivity contribution in [2.45, 2.75) is 78.4 Å². The molecule has 6 heteroatoms. The summed E-state index contributed by atoms with van der Waals surface area (Å²) < 4.78 is 0. The van der Waals surface area contributed by atoms with Crippen LogP contribution in [0.25, 0.3) is 0 Å². The fourth-order valence-electron chi connectivity index (χ4n) is 3.99. The number of carbonyl (C=O) groups is 2. The third kappa shape index (κ3) is 5.21. The number of aromatic carboxylic acids is 1. The van der Waals surface area contributed by atoms with Crippen molar-refractivity contribution in [3.05, 3.63) is 15.8 Å². The number of amides is 1. The summed E-state index contributed by atoms with van der Waals surface area (Å²) in [5.41, 5.74) is 0.251. The highest BCUT2D eigenvalue weighted by atomic mass is 32.1. The maximum absolute atomic E-state index is 13.5. The molecule has 0 bridgehead atoms. The Morgan fingerprint density at radius 1 is 1.17 bits per heavy atom. The van der Waals surface area contributed by atoms with Crippen molar-refractivity contribution in [1.29, 1.82) is 0 Å². The number of aliphatic hydroxyl groups excluding tert-OH is 1. The lowest BCUT2D eigenvalue weighted by atomic mass is 9.80. The maximum Gasteiger partial charge on any atom is 0.348 e. The van der Waals surface area contributed by atoms with Gasteiger partial charge in [-0.25, -0.2) is 4.79 Å². The van der Waals surface area contributed by atoms with E-state index in [0.29, 0.717) is 29.3 Å². The summed E-state index contributed by atoms with van der Waals surface area (Å²) in [6.45, 7) is 8.22. The van der Waals surface area contributed by atoms with Crippen LogP contribution in [0.3, 0.4) is 0 Å². The third-order valence-electron chi connectivity index (χ3n) is 5.78. The predicted octanol–water partition coefficient (Wildman–Crippen LogP) is 4.53. The normalized spacial score (nSPS) is 26.8. The van der Waals surface area contributed by atoms with Gasteiger partial charge in [-0.2, -0.15) is 0 Å². The summed E-state index contributed by atoms with van der Waals surface area (Å²) >= 11 is 1.12. The molecule has 0 atom stereocenters. The molecule has 1 amide bonds. The number of aliphatic hydroxyl groups is 1. The van der Waals surface area contributed by atoms with E-state index in [1.807, 2.05) is 20.8 Å².